The van der Waals surface area contributed by atoms with Crippen LogP contribution in [0, 0.1) is 0 Å². The Labute approximate surface area is 197 Å². The highest BCUT2D eigenvalue weighted by atomic mass is 32.2. The first-order valence-corrected chi connectivity index (χ1v) is 12.4. The Bertz CT molecular complexity index is 1270. The molecule has 172 valence electrons. The average molecular weight is 487 g/mol. The molecule has 2 aromatic carbocycles. The first kappa shape index (κ1) is 23.0. The minimum absolute atomic E-state index is 0.0673. The Morgan fingerprint density at radius 2 is 1.70 bits per heavy atom. The number of benzene rings is 2. The van der Waals surface area contributed by atoms with E-state index < -0.39 is 22.9 Å². The van der Waals surface area contributed by atoms with Gasteiger partial charge in [-0.1, -0.05) is 18.2 Å². The van der Waals surface area contributed by atoms with Crippen LogP contribution in [0.15, 0.2) is 52.1 Å². The third-order valence-corrected chi connectivity index (χ3v) is 7.91. The number of nitrogens with one attached hydrogen (secondary N) is 4. The van der Waals surface area contributed by atoms with E-state index in [0.29, 0.717) is 10.3 Å². The standard InChI is InChI=1S/C22H22N4O5S2/c27-17(24-16-4-1-3-15-19(16)21(30)26-25-20(15)29)11-23-18(28)12-31-14-7-5-13(6-8-14)22-32-9-2-10-33-22/h1,3-8,22H,2,9-12H2,(H,23,28)(H,24,27)(H,25,29)(H,26,30). The van der Waals surface area contributed by atoms with Crippen molar-refractivity contribution in [3.05, 3.63) is 68.7 Å². The quantitative estimate of drug-likeness (QED) is 0.402. The maximum atomic E-state index is 12.3. The Balaban J connectivity index is 1.27. The van der Waals surface area contributed by atoms with Crippen LogP contribution in [0.3, 0.4) is 0 Å². The molecule has 9 nitrogen and oxygen atoms in total. The van der Waals surface area contributed by atoms with Gasteiger partial charge in [-0.3, -0.25) is 29.4 Å². The molecule has 1 aromatic heterocycles. The smallest absolute Gasteiger partial charge is 0.272 e. The van der Waals surface area contributed by atoms with Crippen LogP contribution < -0.4 is 26.5 Å². The van der Waals surface area contributed by atoms with E-state index in [1.54, 1.807) is 6.07 Å². The largest absolute Gasteiger partial charge is 0.484 e. The summed E-state index contributed by atoms with van der Waals surface area (Å²) in [7, 11) is 0. The lowest BCUT2D eigenvalue weighted by Gasteiger charge is -2.21. The second kappa shape index (κ2) is 10.6. The molecule has 0 radical (unpaired) electrons. The van der Waals surface area contributed by atoms with Gasteiger partial charge in [0.1, 0.15) is 5.75 Å². The molecule has 0 spiro atoms. The van der Waals surface area contributed by atoms with E-state index >= 15 is 0 Å². The highest BCUT2D eigenvalue weighted by molar-refractivity contribution is 8.16. The molecule has 0 saturated carbocycles. The summed E-state index contributed by atoms with van der Waals surface area (Å²) in [4.78, 5) is 48.3. The zero-order valence-corrected chi connectivity index (χ0v) is 19.1. The first-order valence-electron chi connectivity index (χ1n) is 10.3. The molecule has 2 heterocycles. The molecular formula is C22H22N4O5S2. The van der Waals surface area contributed by atoms with Crippen LogP contribution in [-0.2, 0) is 9.59 Å². The number of thioether (sulfide) groups is 2. The van der Waals surface area contributed by atoms with Crippen LogP contribution in [0.25, 0.3) is 10.8 Å². The molecule has 0 atom stereocenters. The van der Waals surface area contributed by atoms with Gasteiger partial charge in [-0.15, -0.1) is 23.5 Å². The molecule has 0 bridgehead atoms. The van der Waals surface area contributed by atoms with Gasteiger partial charge in [0.15, 0.2) is 6.61 Å². The van der Waals surface area contributed by atoms with E-state index in [9.17, 15) is 19.2 Å². The average Bonchev–Trinajstić information content (AvgIpc) is 2.85. The number of H-pyrrole nitrogens is 2. The zero-order chi connectivity index (χ0) is 23.2. The van der Waals surface area contributed by atoms with E-state index in [1.807, 2.05) is 47.8 Å². The van der Waals surface area contributed by atoms with Gasteiger partial charge in [0.2, 0.25) is 5.91 Å². The summed E-state index contributed by atoms with van der Waals surface area (Å²) in [5, 5.41) is 9.70. The topological polar surface area (TPSA) is 133 Å². The van der Waals surface area contributed by atoms with Gasteiger partial charge in [-0.05, 0) is 47.8 Å². The van der Waals surface area contributed by atoms with Gasteiger partial charge in [0.25, 0.3) is 17.0 Å². The zero-order valence-electron chi connectivity index (χ0n) is 17.5. The molecule has 2 amide bonds. The number of amides is 2. The number of carbonyl (C=O) groups is 2. The fraction of sp³-hybridized carbons (Fsp3) is 0.273. The van der Waals surface area contributed by atoms with Crippen LogP contribution in [-0.4, -0.2) is 46.7 Å². The third-order valence-electron chi connectivity index (χ3n) is 4.90. The minimum Gasteiger partial charge on any atom is -0.484 e. The van der Waals surface area contributed by atoms with Gasteiger partial charge in [-0.25, -0.2) is 0 Å². The summed E-state index contributed by atoms with van der Waals surface area (Å²) < 4.78 is 5.94. The molecule has 0 aliphatic carbocycles. The second-order valence-corrected chi connectivity index (χ2v) is 9.97. The number of fused-ring (bicyclic) bond motifs is 1. The maximum absolute atomic E-state index is 12.3. The van der Waals surface area contributed by atoms with Gasteiger partial charge in [0, 0.05) is 0 Å². The highest BCUT2D eigenvalue weighted by Crippen LogP contribution is 2.43. The lowest BCUT2D eigenvalue weighted by atomic mass is 10.1. The van der Waals surface area contributed by atoms with Crippen molar-refractivity contribution in [1.82, 2.24) is 15.5 Å². The number of aromatic nitrogens is 2. The SMILES string of the molecule is O=C(COc1ccc(C2SCCCS2)cc1)NCC(=O)Nc1cccc2c(=O)[nH][nH]c(=O)c12. The monoisotopic (exact) mass is 486 g/mol. The third kappa shape index (κ3) is 5.79. The fourth-order valence-electron chi connectivity index (χ4n) is 3.31. The number of hydrogen-bond acceptors (Lipinski definition) is 7. The summed E-state index contributed by atoms with van der Waals surface area (Å²) in [6.07, 6.45) is 1.24. The molecule has 3 aromatic rings. The molecule has 11 heteroatoms. The first-order chi connectivity index (χ1) is 16.0. The number of rotatable bonds is 7. The van der Waals surface area contributed by atoms with E-state index in [4.69, 9.17) is 4.74 Å². The van der Waals surface area contributed by atoms with E-state index in [0.717, 1.165) is 0 Å². The summed E-state index contributed by atoms with van der Waals surface area (Å²) in [5.41, 5.74) is 0.400. The lowest BCUT2D eigenvalue weighted by molar-refractivity contribution is -0.125. The molecule has 1 saturated heterocycles. The van der Waals surface area contributed by atoms with Crippen molar-refractivity contribution in [2.24, 2.45) is 0 Å². The molecule has 0 unspecified atom stereocenters. The molecule has 33 heavy (non-hydrogen) atoms. The summed E-state index contributed by atoms with van der Waals surface area (Å²) >= 11 is 3.87. The van der Waals surface area contributed by atoms with Crippen molar-refractivity contribution in [2.75, 3.05) is 30.0 Å². The summed E-state index contributed by atoms with van der Waals surface area (Å²) in [5.74, 6) is 1.91. The van der Waals surface area contributed by atoms with Crippen molar-refractivity contribution in [1.29, 1.82) is 0 Å². The van der Waals surface area contributed by atoms with Crippen LogP contribution in [0.1, 0.15) is 16.6 Å². The van der Waals surface area contributed by atoms with Crippen LogP contribution in [0.4, 0.5) is 5.69 Å². The van der Waals surface area contributed by atoms with Crippen LogP contribution in [0.2, 0.25) is 0 Å². The van der Waals surface area contributed by atoms with Crippen molar-refractivity contribution in [2.45, 2.75) is 11.0 Å². The molecule has 4 N–H and O–H groups in total. The number of aromatic amines is 2. The van der Waals surface area contributed by atoms with E-state index in [1.165, 1.54) is 35.6 Å². The number of hydrogen-bond donors (Lipinski definition) is 4. The lowest BCUT2D eigenvalue weighted by Crippen LogP contribution is -2.36. The number of carbonyl (C=O) groups excluding carboxylic acids is 2. The Hall–Kier alpha value is -3.18. The highest BCUT2D eigenvalue weighted by Gasteiger charge is 2.16. The predicted octanol–water partition coefficient (Wildman–Crippen LogP) is 2.22. The number of anilines is 1. The molecular weight excluding hydrogens is 464 g/mol. The van der Waals surface area contributed by atoms with Crippen molar-refractivity contribution in [3.8, 4) is 5.75 Å². The maximum Gasteiger partial charge on any atom is 0.272 e. The Morgan fingerprint density at radius 3 is 2.45 bits per heavy atom. The fourth-order valence-corrected chi connectivity index (χ4v) is 6.20. The molecule has 1 aliphatic rings. The Kier molecular flexibility index (Phi) is 7.40. The normalized spacial score (nSPS) is 14.1. The van der Waals surface area contributed by atoms with Crippen LogP contribution in [0.5, 0.6) is 5.75 Å². The van der Waals surface area contributed by atoms with Crippen LogP contribution >= 0.6 is 23.5 Å². The van der Waals surface area contributed by atoms with Gasteiger partial charge < -0.3 is 15.4 Å². The molecule has 1 aliphatic heterocycles. The summed E-state index contributed by atoms with van der Waals surface area (Å²) in [6.45, 7) is -0.544. The summed E-state index contributed by atoms with van der Waals surface area (Å²) in [6, 6.07) is 12.2. The van der Waals surface area contributed by atoms with Crippen molar-refractivity contribution in [3.63, 3.8) is 0 Å². The minimum atomic E-state index is -0.539. The van der Waals surface area contributed by atoms with Crippen molar-refractivity contribution >= 4 is 51.8 Å². The van der Waals surface area contributed by atoms with E-state index in [-0.39, 0.29) is 29.6 Å². The van der Waals surface area contributed by atoms with Gasteiger partial charge >= 0.3 is 0 Å². The van der Waals surface area contributed by atoms with Crippen molar-refractivity contribution < 1.29 is 14.3 Å². The second-order valence-electron chi connectivity index (χ2n) is 7.25. The number of ether oxygens (including phenoxy) is 1. The van der Waals surface area contributed by atoms with E-state index in [2.05, 4.69) is 20.8 Å². The van der Waals surface area contributed by atoms with Gasteiger partial charge in [0.05, 0.1) is 27.6 Å². The molecule has 1 fully saturated rings. The predicted molar refractivity (Wildman–Crippen MR) is 131 cm³/mol. The Morgan fingerprint density at radius 1 is 0.970 bits per heavy atom. The molecule has 4 rings (SSSR count). The van der Waals surface area contributed by atoms with Gasteiger partial charge in [-0.2, -0.15) is 0 Å².